The second-order valence-electron chi connectivity index (χ2n) is 1.83. The number of hydrogen-bond donors (Lipinski definition) is 2. The third kappa shape index (κ3) is 6.04. The predicted molar refractivity (Wildman–Crippen MR) is 44.0 cm³/mol. The van der Waals surface area contributed by atoms with Crippen LogP contribution in [-0.2, 0) is 4.79 Å². The van der Waals surface area contributed by atoms with Crippen molar-refractivity contribution in [1.29, 1.82) is 0 Å². The lowest BCUT2D eigenvalue weighted by Gasteiger charge is -2.06. The highest BCUT2D eigenvalue weighted by molar-refractivity contribution is 14.1. The first-order chi connectivity index (χ1) is 4.16. The Morgan fingerprint density at radius 1 is 1.89 bits per heavy atom. The van der Waals surface area contributed by atoms with Gasteiger partial charge in [-0.2, -0.15) is 0 Å². The fraction of sp³-hybridized carbons (Fsp3) is 0.800. The highest BCUT2D eigenvalue weighted by Gasteiger charge is 1.99. The highest BCUT2D eigenvalue weighted by atomic mass is 127. The fourth-order valence-electron chi connectivity index (χ4n) is 0.316. The van der Waals surface area contributed by atoms with Crippen molar-refractivity contribution >= 4 is 28.6 Å². The lowest BCUT2D eigenvalue weighted by Crippen LogP contribution is -2.32. The van der Waals surface area contributed by atoms with E-state index >= 15 is 0 Å². The zero-order chi connectivity index (χ0) is 7.28. The normalized spacial score (nSPS) is 13.1. The third-order valence-corrected chi connectivity index (χ3v) is 2.15. The first kappa shape index (κ1) is 9.16. The second kappa shape index (κ2) is 4.99. The molecule has 9 heavy (non-hydrogen) atoms. The molecule has 2 N–H and O–H groups in total. The SMILES string of the molecule is CC(CI)NCC(=O)O. The van der Waals surface area contributed by atoms with E-state index in [9.17, 15) is 4.79 Å². The Labute approximate surface area is 68.0 Å². The molecule has 54 valence electrons. The standard InChI is InChI=1S/C5H10INO2/c1-4(2-6)7-3-5(8)9/h4,7H,2-3H2,1H3,(H,8,9). The van der Waals surface area contributed by atoms with E-state index in [4.69, 9.17) is 5.11 Å². The minimum absolute atomic E-state index is 0.0597. The summed E-state index contributed by atoms with van der Waals surface area (Å²) in [5.41, 5.74) is 0. The maximum Gasteiger partial charge on any atom is 0.317 e. The Balaban J connectivity index is 3.16. The molecule has 0 aliphatic carbocycles. The van der Waals surface area contributed by atoms with Crippen LogP contribution < -0.4 is 5.32 Å². The molecule has 0 aliphatic heterocycles. The van der Waals surface area contributed by atoms with Crippen LogP contribution in [-0.4, -0.2) is 28.1 Å². The molecule has 0 aromatic carbocycles. The summed E-state index contributed by atoms with van der Waals surface area (Å²) in [6.07, 6.45) is 0. The van der Waals surface area contributed by atoms with Gasteiger partial charge in [-0.25, -0.2) is 0 Å². The minimum Gasteiger partial charge on any atom is -0.480 e. The van der Waals surface area contributed by atoms with E-state index in [0.29, 0.717) is 6.04 Å². The van der Waals surface area contributed by atoms with Crippen molar-refractivity contribution in [3.8, 4) is 0 Å². The molecular weight excluding hydrogens is 233 g/mol. The number of nitrogens with one attached hydrogen (secondary N) is 1. The minimum atomic E-state index is -0.799. The summed E-state index contributed by atoms with van der Waals surface area (Å²) in [6.45, 7) is 2.01. The Bertz CT molecular complexity index is 97.0. The smallest absolute Gasteiger partial charge is 0.317 e. The van der Waals surface area contributed by atoms with Crippen LogP contribution in [0, 0.1) is 0 Å². The topological polar surface area (TPSA) is 49.3 Å². The zero-order valence-electron chi connectivity index (χ0n) is 5.22. The molecule has 0 saturated heterocycles. The number of rotatable bonds is 4. The van der Waals surface area contributed by atoms with Gasteiger partial charge >= 0.3 is 5.97 Å². The monoisotopic (exact) mass is 243 g/mol. The van der Waals surface area contributed by atoms with Crippen molar-refractivity contribution in [3.63, 3.8) is 0 Å². The largest absolute Gasteiger partial charge is 0.480 e. The Hall–Kier alpha value is 0.160. The molecular formula is C5H10INO2. The summed E-state index contributed by atoms with van der Waals surface area (Å²) in [7, 11) is 0. The van der Waals surface area contributed by atoms with E-state index in [-0.39, 0.29) is 6.54 Å². The van der Waals surface area contributed by atoms with E-state index in [1.54, 1.807) is 0 Å². The number of carboxylic acid groups (broad SMARTS) is 1. The van der Waals surface area contributed by atoms with Gasteiger partial charge in [0.1, 0.15) is 0 Å². The molecule has 1 unspecified atom stereocenters. The summed E-state index contributed by atoms with van der Waals surface area (Å²) in [4.78, 5) is 9.95. The van der Waals surface area contributed by atoms with Crippen LogP contribution in [0.5, 0.6) is 0 Å². The van der Waals surface area contributed by atoms with Crippen LogP contribution >= 0.6 is 22.6 Å². The third-order valence-electron chi connectivity index (χ3n) is 0.833. The van der Waals surface area contributed by atoms with Crippen molar-refractivity contribution in [1.82, 2.24) is 5.32 Å². The van der Waals surface area contributed by atoms with Gasteiger partial charge < -0.3 is 10.4 Å². The molecule has 0 bridgehead atoms. The molecule has 0 radical (unpaired) electrons. The van der Waals surface area contributed by atoms with E-state index < -0.39 is 5.97 Å². The van der Waals surface area contributed by atoms with Crippen LogP contribution in [0.1, 0.15) is 6.92 Å². The number of carboxylic acids is 1. The van der Waals surface area contributed by atoms with Crippen LogP contribution in [0.4, 0.5) is 0 Å². The van der Waals surface area contributed by atoms with Gasteiger partial charge in [-0.15, -0.1) is 0 Å². The molecule has 4 heteroatoms. The van der Waals surface area contributed by atoms with Crippen molar-refractivity contribution in [2.24, 2.45) is 0 Å². The van der Waals surface area contributed by atoms with Gasteiger partial charge in [0.05, 0.1) is 6.54 Å². The lowest BCUT2D eigenvalue weighted by molar-refractivity contribution is -0.136. The molecule has 0 amide bonds. The van der Waals surface area contributed by atoms with E-state index in [1.165, 1.54) is 0 Å². The number of aliphatic carboxylic acids is 1. The second-order valence-corrected chi connectivity index (χ2v) is 2.71. The van der Waals surface area contributed by atoms with Crippen molar-refractivity contribution < 1.29 is 9.90 Å². The number of carbonyl (C=O) groups is 1. The summed E-state index contributed by atoms with van der Waals surface area (Å²) in [5.74, 6) is -0.799. The fourth-order valence-corrected chi connectivity index (χ4v) is 0.628. The molecule has 3 nitrogen and oxygen atoms in total. The molecule has 0 aromatic heterocycles. The Morgan fingerprint density at radius 2 is 2.44 bits per heavy atom. The maximum absolute atomic E-state index is 9.95. The molecule has 0 rings (SSSR count). The predicted octanol–water partition coefficient (Wildman–Crippen LogP) is 0.484. The first-order valence-corrected chi connectivity index (χ1v) is 4.20. The van der Waals surface area contributed by atoms with E-state index in [1.807, 2.05) is 6.92 Å². The molecule has 0 fully saturated rings. The number of alkyl halides is 1. The Morgan fingerprint density at radius 3 is 2.78 bits per heavy atom. The van der Waals surface area contributed by atoms with Gasteiger partial charge in [-0.3, -0.25) is 4.79 Å². The number of halogens is 1. The van der Waals surface area contributed by atoms with Gasteiger partial charge in [0.15, 0.2) is 0 Å². The summed E-state index contributed by atoms with van der Waals surface area (Å²) in [6, 6.07) is 0.293. The maximum atomic E-state index is 9.95. The van der Waals surface area contributed by atoms with Gasteiger partial charge in [0.2, 0.25) is 0 Å². The molecule has 1 atom stereocenters. The summed E-state index contributed by atoms with van der Waals surface area (Å²) in [5, 5.41) is 11.0. The van der Waals surface area contributed by atoms with Crippen molar-refractivity contribution in [2.45, 2.75) is 13.0 Å². The van der Waals surface area contributed by atoms with E-state index in [0.717, 1.165) is 4.43 Å². The van der Waals surface area contributed by atoms with Crippen molar-refractivity contribution in [2.75, 3.05) is 11.0 Å². The highest BCUT2D eigenvalue weighted by Crippen LogP contribution is 1.87. The Kier molecular flexibility index (Phi) is 5.07. The van der Waals surface area contributed by atoms with Crippen LogP contribution in [0.3, 0.4) is 0 Å². The van der Waals surface area contributed by atoms with Gasteiger partial charge in [-0.1, -0.05) is 22.6 Å². The van der Waals surface area contributed by atoms with Gasteiger partial charge in [-0.05, 0) is 6.92 Å². The molecule has 0 spiro atoms. The number of hydrogen-bond acceptors (Lipinski definition) is 2. The first-order valence-electron chi connectivity index (χ1n) is 2.68. The van der Waals surface area contributed by atoms with Crippen LogP contribution in [0.2, 0.25) is 0 Å². The zero-order valence-corrected chi connectivity index (χ0v) is 7.38. The average molecular weight is 243 g/mol. The average Bonchev–Trinajstić information content (AvgIpc) is 1.83. The molecule has 0 saturated carbocycles. The van der Waals surface area contributed by atoms with Gasteiger partial charge in [0, 0.05) is 10.5 Å². The molecule has 0 heterocycles. The lowest BCUT2D eigenvalue weighted by atomic mass is 10.4. The van der Waals surface area contributed by atoms with Crippen molar-refractivity contribution in [3.05, 3.63) is 0 Å². The summed E-state index contributed by atoms with van der Waals surface area (Å²) >= 11 is 2.20. The molecule has 0 aliphatic rings. The van der Waals surface area contributed by atoms with E-state index in [2.05, 4.69) is 27.9 Å². The quantitative estimate of drug-likeness (QED) is 0.557. The van der Waals surface area contributed by atoms with Gasteiger partial charge in [0.25, 0.3) is 0 Å². The van der Waals surface area contributed by atoms with Crippen LogP contribution in [0.25, 0.3) is 0 Å². The van der Waals surface area contributed by atoms with Crippen LogP contribution in [0.15, 0.2) is 0 Å². The summed E-state index contributed by atoms with van der Waals surface area (Å²) < 4.78 is 0.936. The molecule has 0 aromatic rings.